The summed E-state index contributed by atoms with van der Waals surface area (Å²) >= 11 is 3.53. The van der Waals surface area contributed by atoms with Gasteiger partial charge in [0.05, 0.1) is 15.8 Å². The van der Waals surface area contributed by atoms with Gasteiger partial charge < -0.3 is 10.1 Å². The molecule has 1 aromatic heterocycles. The minimum Gasteiger partial charge on any atom is -0.381 e. The molecule has 0 aromatic carbocycles. The molecular weight excluding hydrogens is 292 g/mol. The number of hydrogen-bond acceptors (Lipinski definition) is 3. The molecule has 0 radical (unpaired) electrons. The van der Waals surface area contributed by atoms with Crippen LogP contribution in [0.25, 0.3) is 0 Å². The van der Waals surface area contributed by atoms with Crippen LogP contribution >= 0.6 is 15.9 Å². The molecule has 0 bridgehead atoms. The molecule has 1 aromatic rings. The van der Waals surface area contributed by atoms with Crippen molar-refractivity contribution in [2.75, 3.05) is 11.9 Å². The molecule has 2 heterocycles. The smallest absolute Gasteiger partial charge is 0.0696 e. The number of hydrogen-bond donors (Lipinski definition) is 1. The first-order chi connectivity index (χ1) is 8.69. The van der Waals surface area contributed by atoms with Crippen molar-refractivity contribution in [2.45, 2.75) is 51.2 Å². The third-order valence-electron chi connectivity index (χ3n) is 3.91. The normalized spacial score (nSPS) is 22.7. The van der Waals surface area contributed by atoms with Crippen molar-refractivity contribution in [1.29, 1.82) is 0 Å². The lowest BCUT2D eigenvalue weighted by molar-refractivity contribution is -0.0864. The molecule has 3 nitrogen and oxygen atoms in total. The zero-order valence-electron chi connectivity index (χ0n) is 11.1. The monoisotopic (exact) mass is 312 g/mol. The minimum atomic E-state index is 0.0649. The van der Waals surface area contributed by atoms with Crippen molar-refractivity contribution < 1.29 is 4.74 Å². The van der Waals surface area contributed by atoms with E-state index in [0.29, 0.717) is 6.04 Å². The van der Waals surface area contributed by atoms with Crippen LogP contribution in [0.5, 0.6) is 0 Å². The van der Waals surface area contributed by atoms with Crippen LogP contribution in [-0.4, -0.2) is 23.2 Å². The molecule has 1 aliphatic rings. The van der Waals surface area contributed by atoms with Gasteiger partial charge in [0.25, 0.3) is 0 Å². The van der Waals surface area contributed by atoms with Gasteiger partial charge in [-0.3, -0.25) is 4.98 Å². The van der Waals surface area contributed by atoms with Gasteiger partial charge in [-0.1, -0.05) is 13.8 Å². The van der Waals surface area contributed by atoms with Crippen molar-refractivity contribution in [3.05, 3.63) is 22.9 Å². The van der Waals surface area contributed by atoms with Crippen LogP contribution in [0.2, 0.25) is 0 Å². The minimum absolute atomic E-state index is 0.0649. The Labute approximate surface area is 117 Å². The van der Waals surface area contributed by atoms with Gasteiger partial charge in [-0.15, -0.1) is 0 Å². The number of halogens is 1. The van der Waals surface area contributed by atoms with E-state index < -0.39 is 0 Å². The summed E-state index contributed by atoms with van der Waals surface area (Å²) in [7, 11) is 0. The van der Waals surface area contributed by atoms with Crippen LogP contribution in [0, 0.1) is 0 Å². The fourth-order valence-corrected chi connectivity index (χ4v) is 2.97. The van der Waals surface area contributed by atoms with Crippen molar-refractivity contribution in [1.82, 2.24) is 4.98 Å². The summed E-state index contributed by atoms with van der Waals surface area (Å²) in [5.41, 5.74) is 1.19. The summed E-state index contributed by atoms with van der Waals surface area (Å²) in [6.07, 6.45) is 7.96. The molecule has 2 rings (SSSR count). The van der Waals surface area contributed by atoms with E-state index in [0.717, 1.165) is 42.5 Å². The maximum absolute atomic E-state index is 6.00. The van der Waals surface area contributed by atoms with E-state index in [1.165, 1.54) is 0 Å². The van der Waals surface area contributed by atoms with Crippen LogP contribution in [0.3, 0.4) is 0 Å². The zero-order valence-corrected chi connectivity index (χ0v) is 12.7. The Hall–Kier alpha value is -0.610. The predicted molar refractivity (Wildman–Crippen MR) is 77.8 cm³/mol. The Bertz CT molecular complexity index is 393. The van der Waals surface area contributed by atoms with E-state index in [-0.39, 0.29) is 5.60 Å². The summed E-state index contributed by atoms with van der Waals surface area (Å²) in [6, 6.07) is 2.50. The van der Waals surface area contributed by atoms with Crippen molar-refractivity contribution in [3.63, 3.8) is 0 Å². The number of pyridine rings is 1. The first-order valence-electron chi connectivity index (χ1n) is 6.69. The first-order valence-corrected chi connectivity index (χ1v) is 7.48. The van der Waals surface area contributed by atoms with Crippen LogP contribution in [0.1, 0.15) is 39.5 Å². The fourth-order valence-electron chi connectivity index (χ4n) is 2.61. The van der Waals surface area contributed by atoms with Crippen LogP contribution in [0.15, 0.2) is 22.9 Å². The molecule has 1 N–H and O–H groups in total. The SMILES string of the molecule is CCC1(CC)CC(Nc2ccncc2Br)CCO1. The Morgan fingerprint density at radius 3 is 2.94 bits per heavy atom. The second-order valence-electron chi connectivity index (χ2n) is 4.93. The Balaban J connectivity index is 2.04. The first kappa shape index (κ1) is 13.8. The Kier molecular flexibility index (Phi) is 4.62. The Morgan fingerprint density at radius 1 is 1.50 bits per heavy atom. The summed E-state index contributed by atoms with van der Waals surface area (Å²) in [4.78, 5) is 4.09. The van der Waals surface area contributed by atoms with E-state index in [1.807, 2.05) is 18.5 Å². The van der Waals surface area contributed by atoms with Gasteiger partial charge in [-0.25, -0.2) is 0 Å². The number of ether oxygens (including phenoxy) is 1. The predicted octanol–water partition coefficient (Wildman–Crippen LogP) is 3.99. The molecule has 0 saturated carbocycles. The van der Waals surface area contributed by atoms with Crippen LogP contribution < -0.4 is 5.32 Å². The summed E-state index contributed by atoms with van der Waals surface area (Å²) in [5.74, 6) is 0. The van der Waals surface area contributed by atoms with E-state index in [4.69, 9.17) is 4.74 Å². The van der Waals surface area contributed by atoms with E-state index >= 15 is 0 Å². The van der Waals surface area contributed by atoms with Gasteiger partial charge in [0.15, 0.2) is 0 Å². The molecule has 4 heteroatoms. The second-order valence-corrected chi connectivity index (χ2v) is 5.78. The maximum Gasteiger partial charge on any atom is 0.0696 e. The highest BCUT2D eigenvalue weighted by molar-refractivity contribution is 9.10. The van der Waals surface area contributed by atoms with E-state index in [2.05, 4.69) is 40.1 Å². The summed E-state index contributed by atoms with van der Waals surface area (Å²) in [6.45, 7) is 5.28. The molecule has 0 amide bonds. The molecule has 1 atom stereocenters. The standard InChI is InChI=1S/C14H21BrN2O/c1-3-14(4-2)9-11(6-8-18-14)17-13-5-7-16-10-12(13)15/h5,7,10-11H,3-4,6,8-9H2,1-2H3,(H,16,17). The quantitative estimate of drug-likeness (QED) is 0.912. The number of nitrogens with zero attached hydrogens (tertiary/aromatic N) is 1. The van der Waals surface area contributed by atoms with Crippen molar-refractivity contribution in [2.24, 2.45) is 0 Å². The molecule has 1 saturated heterocycles. The molecule has 18 heavy (non-hydrogen) atoms. The van der Waals surface area contributed by atoms with Gasteiger partial charge in [0.2, 0.25) is 0 Å². The lowest BCUT2D eigenvalue weighted by Gasteiger charge is -2.40. The lowest BCUT2D eigenvalue weighted by Crippen LogP contribution is -2.43. The molecule has 100 valence electrons. The van der Waals surface area contributed by atoms with E-state index in [9.17, 15) is 0 Å². The third kappa shape index (κ3) is 3.04. The van der Waals surface area contributed by atoms with Crippen LogP contribution in [0.4, 0.5) is 5.69 Å². The van der Waals surface area contributed by atoms with E-state index in [1.54, 1.807) is 0 Å². The largest absolute Gasteiger partial charge is 0.381 e. The third-order valence-corrected chi connectivity index (χ3v) is 4.55. The average molecular weight is 313 g/mol. The molecule has 0 aliphatic carbocycles. The lowest BCUT2D eigenvalue weighted by atomic mass is 9.86. The van der Waals surface area contributed by atoms with Gasteiger partial charge in [0.1, 0.15) is 0 Å². The highest BCUT2D eigenvalue weighted by Gasteiger charge is 2.34. The highest BCUT2D eigenvalue weighted by atomic mass is 79.9. The number of nitrogens with one attached hydrogen (secondary N) is 1. The Morgan fingerprint density at radius 2 is 2.28 bits per heavy atom. The summed E-state index contributed by atoms with van der Waals surface area (Å²) < 4.78 is 7.02. The average Bonchev–Trinajstić information content (AvgIpc) is 2.41. The van der Waals surface area contributed by atoms with Gasteiger partial charge in [0, 0.05) is 25.0 Å². The molecular formula is C14H21BrN2O. The van der Waals surface area contributed by atoms with Gasteiger partial charge >= 0.3 is 0 Å². The number of anilines is 1. The van der Waals surface area contributed by atoms with Gasteiger partial charge in [-0.05, 0) is 47.7 Å². The zero-order chi connectivity index (χ0) is 13.0. The van der Waals surface area contributed by atoms with Crippen molar-refractivity contribution in [3.8, 4) is 0 Å². The topological polar surface area (TPSA) is 34.2 Å². The van der Waals surface area contributed by atoms with Gasteiger partial charge in [-0.2, -0.15) is 0 Å². The molecule has 1 fully saturated rings. The molecule has 0 spiro atoms. The fraction of sp³-hybridized carbons (Fsp3) is 0.643. The highest BCUT2D eigenvalue weighted by Crippen LogP contribution is 2.33. The molecule has 1 aliphatic heterocycles. The van der Waals surface area contributed by atoms with Crippen LogP contribution in [-0.2, 0) is 4.74 Å². The van der Waals surface area contributed by atoms with Crippen molar-refractivity contribution >= 4 is 21.6 Å². The summed E-state index contributed by atoms with van der Waals surface area (Å²) in [5, 5.41) is 3.61. The second kappa shape index (κ2) is 6.02. The maximum atomic E-state index is 6.00. The number of aromatic nitrogens is 1. The molecule has 1 unspecified atom stereocenters. The number of rotatable bonds is 4.